The highest BCUT2D eigenvalue weighted by atomic mass is 19.2. The Bertz CT molecular complexity index is 504. The summed E-state index contributed by atoms with van der Waals surface area (Å²) in [5, 5.41) is 0. The number of benzene rings is 2. The highest BCUT2D eigenvalue weighted by Gasteiger charge is 2.07. The Morgan fingerprint density at radius 2 is 1.53 bits per heavy atom. The van der Waals surface area contributed by atoms with Crippen LogP contribution in [0.2, 0.25) is 0 Å². The summed E-state index contributed by atoms with van der Waals surface area (Å²) < 4.78 is 26.4. The monoisotopic (exact) mass is 232 g/mol. The van der Waals surface area contributed by atoms with E-state index < -0.39 is 11.6 Å². The Hall–Kier alpha value is -1.70. The van der Waals surface area contributed by atoms with Crippen molar-refractivity contribution in [1.82, 2.24) is 0 Å². The number of hydrogen-bond acceptors (Lipinski definition) is 0. The van der Waals surface area contributed by atoms with Gasteiger partial charge in [0, 0.05) is 0 Å². The Labute approximate surface area is 99.9 Å². The van der Waals surface area contributed by atoms with Crippen molar-refractivity contribution >= 4 is 0 Å². The molecule has 0 radical (unpaired) electrons. The molecule has 0 fully saturated rings. The molecule has 0 saturated heterocycles. The molecule has 88 valence electrons. The molecule has 17 heavy (non-hydrogen) atoms. The first-order valence-corrected chi connectivity index (χ1v) is 5.56. The minimum absolute atomic E-state index is 0.354. The standard InChI is InChI=1S/C15H14F2/c1-10-3-5-12(6-4-10)8-13-7-11(2)15(17)14(16)9-13/h3-7,9H,8H2,1-2H3. The number of hydrogen-bond donors (Lipinski definition) is 0. The number of halogens is 2. The molecule has 0 N–H and O–H groups in total. The minimum Gasteiger partial charge on any atom is -0.204 e. The van der Waals surface area contributed by atoms with Crippen LogP contribution in [-0.4, -0.2) is 0 Å². The van der Waals surface area contributed by atoms with Crippen molar-refractivity contribution in [3.63, 3.8) is 0 Å². The molecule has 0 unspecified atom stereocenters. The minimum atomic E-state index is -0.771. The van der Waals surface area contributed by atoms with Crippen LogP contribution in [0.25, 0.3) is 0 Å². The summed E-state index contributed by atoms with van der Waals surface area (Å²) in [6.07, 6.45) is 0.623. The third-order valence-corrected chi connectivity index (χ3v) is 2.80. The Morgan fingerprint density at radius 1 is 0.882 bits per heavy atom. The third kappa shape index (κ3) is 2.70. The molecule has 0 bridgehead atoms. The zero-order valence-corrected chi connectivity index (χ0v) is 9.93. The predicted molar refractivity (Wildman–Crippen MR) is 65.1 cm³/mol. The van der Waals surface area contributed by atoms with Crippen molar-refractivity contribution in [3.8, 4) is 0 Å². The second kappa shape index (κ2) is 4.66. The Balaban J connectivity index is 2.27. The van der Waals surface area contributed by atoms with Gasteiger partial charge in [-0.2, -0.15) is 0 Å². The first kappa shape index (κ1) is 11.8. The lowest BCUT2D eigenvalue weighted by atomic mass is 10.0. The Kier molecular flexibility index (Phi) is 3.23. The summed E-state index contributed by atoms with van der Waals surface area (Å²) in [4.78, 5) is 0. The van der Waals surface area contributed by atoms with Gasteiger partial charge in [0.2, 0.25) is 0 Å². The molecule has 0 saturated carbocycles. The fraction of sp³-hybridized carbons (Fsp3) is 0.200. The van der Waals surface area contributed by atoms with Gasteiger partial charge in [0.05, 0.1) is 0 Å². The van der Waals surface area contributed by atoms with Crippen molar-refractivity contribution < 1.29 is 8.78 Å². The van der Waals surface area contributed by atoms with E-state index in [2.05, 4.69) is 0 Å². The van der Waals surface area contributed by atoms with Crippen LogP contribution in [0.4, 0.5) is 8.78 Å². The van der Waals surface area contributed by atoms with E-state index >= 15 is 0 Å². The third-order valence-electron chi connectivity index (χ3n) is 2.80. The summed E-state index contributed by atoms with van der Waals surface area (Å²) in [6.45, 7) is 3.60. The van der Waals surface area contributed by atoms with Gasteiger partial charge in [0.15, 0.2) is 11.6 Å². The summed E-state index contributed by atoms with van der Waals surface area (Å²) in [5.74, 6) is -1.52. The maximum absolute atomic E-state index is 13.2. The molecule has 2 rings (SSSR count). The molecular weight excluding hydrogens is 218 g/mol. The molecule has 0 aliphatic heterocycles. The maximum atomic E-state index is 13.2. The molecule has 0 nitrogen and oxygen atoms in total. The van der Waals surface area contributed by atoms with Crippen LogP contribution in [-0.2, 0) is 6.42 Å². The summed E-state index contributed by atoms with van der Waals surface area (Å²) in [5.41, 5.74) is 3.44. The predicted octanol–water partition coefficient (Wildman–Crippen LogP) is 4.17. The topological polar surface area (TPSA) is 0 Å². The quantitative estimate of drug-likeness (QED) is 0.729. The first-order chi connectivity index (χ1) is 8.06. The molecule has 0 amide bonds. The smallest absolute Gasteiger partial charge is 0.161 e. The zero-order valence-electron chi connectivity index (χ0n) is 9.93. The van der Waals surface area contributed by atoms with Crippen LogP contribution < -0.4 is 0 Å². The highest BCUT2D eigenvalue weighted by Crippen LogP contribution is 2.17. The molecule has 2 heteroatoms. The lowest BCUT2D eigenvalue weighted by Crippen LogP contribution is -1.95. The van der Waals surface area contributed by atoms with Crippen molar-refractivity contribution in [2.24, 2.45) is 0 Å². The van der Waals surface area contributed by atoms with Gasteiger partial charge in [0.25, 0.3) is 0 Å². The fourth-order valence-corrected chi connectivity index (χ4v) is 1.84. The van der Waals surface area contributed by atoms with Crippen LogP contribution in [0, 0.1) is 25.5 Å². The lowest BCUT2D eigenvalue weighted by Gasteiger charge is -2.05. The normalized spacial score (nSPS) is 10.6. The van der Waals surface area contributed by atoms with E-state index in [1.807, 2.05) is 31.2 Å². The van der Waals surface area contributed by atoms with Gasteiger partial charge in [-0.15, -0.1) is 0 Å². The Morgan fingerprint density at radius 3 is 2.12 bits per heavy atom. The van der Waals surface area contributed by atoms with Crippen LogP contribution in [0.3, 0.4) is 0 Å². The number of rotatable bonds is 2. The average Bonchev–Trinajstić information content (AvgIpc) is 2.29. The maximum Gasteiger partial charge on any atom is 0.161 e. The molecule has 0 heterocycles. The van der Waals surface area contributed by atoms with Crippen molar-refractivity contribution in [1.29, 1.82) is 0 Å². The van der Waals surface area contributed by atoms with E-state index in [1.54, 1.807) is 13.0 Å². The summed E-state index contributed by atoms with van der Waals surface area (Å²) in [6, 6.07) is 11.0. The molecule has 2 aromatic carbocycles. The van der Waals surface area contributed by atoms with Crippen molar-refractivity contribution in [3.05, 3.63) is 70.3 Å². The highest BCUT2D eigenvalue weighted by molar-refractivity contribution is 5.31. The summed E-state index contributed by atoms with van der Waals surface area (Å²) >= 11 is 0. The van der Waals surface area contributed by atoms with E-state index in [-0.39, 0.29) is 0 Å². The van der Waals surface area contributed by atoms with E-state index in [0.29, 0.717) is 12.0 Å². The molecule has 0 atom stereocenters. The molecule has 0 spiro atoms. The first-order valence-electron chi connectivity index (χ1n) is 5.56. The van der Waals surface area contributed by atoms with Gasteiger partial charge in [0.1, 0.15) is 0 Å². The molecule has 0 aliphatic carbocycles. The van der Waals surface area contributed by atoms with Gasteiger partial charge in [-0.3, -0.25) is 0 Å². The molecular formula is C15H14F2. The molecule has 0 aliphatic rings. The van der Waals surface area contributed by atoms with E-state index in [4.69, 9.17) is 0 Å². The zero-order chi connectivity index (χ0) is 12.4. The van der Waals surface area contributed by atoms with E-state index in [9.17, 15) is 8.78 Å². The lowest BCUT2D eigenvalue weighted by molar-refractivity contribution is 0.502. The SMILES string of the molecule is Cc1ccc(Cc2cc(C)c(F)c(F)c2)cc1. The van der Waals surface area contributed by atoms with Gasteiger partial charge in [-0.1, -0.05) is 35.9 Å². The van der Waals surface area contributed by atoms with Crippen LogP contribution in [0.15, 0.2) is 36.4 Å². The molecule has 2 aromatic rings. The van der Waals surface area contributed by atoms with Gasteiger partial charge in [-0.25, -0.2) is 8.78 Å². The van der Waals surface area contributed by atoms with Crippen LogP contribution in [0.5, 0.6) is 0 Å². The summed E-state index contributed by atoms with van der Waals surface area (Å²) in [7, 11) is 0. The van der Waals surface area contributed by atoms with Crippen LogP contribution >= 0.6 is 0 Å². The van der Waals surface area contributed by atoms with Gasteiger partial charge < -0.3 is 0 Å². The molecule has 0 aromatic heterocycles. The van der Waals surface area contributed by atoms with Gasteiger partial charge >= 0.3 is 0 Å². The average molecular weight is 232 g/mol. The second-order valence-corrected chi connectivity index (χ2v) is 4.37. The number of aryl methyl sites for hydroxylation is 2. The van der Waals surface area contributed by atoms with Crippen LogP contribution in [0.1, 0.15) is 22.3 Å². The second-order valence-electron chi connectivity index (χ2n) is 4.37. The van der Waals surface area contributed by atoms with E-state index in [0.717, 1.165) is 11.1 Å². The van der Waals surface area contributed by atoms with Gasteiger partial charge in [-0.05, 0) is 43.0 Å². The van der Waals surface area contributed by atoms with Crippen molar-refractivity contribution in [2.45, 2.75) is 20.3 Å². The fourth-order valence-electron chi connectivity index (χ4n) is 1.84. The largest absolute Gasteiger partial charge is 0.204 e. The van der Waals surface area contributed by atoms with Crippen molar-refractivity contribution in [2.75, 3.05) is 0 Å². The van der Waals surface area contributed by atoms with E-state index in [1.165, 1.54) is 11.6 Å².